The Bertz CT molecular complexity index is 1110. The van der Waals surface area contributed by atoms with E-state index < -0.39 is 6.36 Å². The lowest BCUT2D eigenvalue weighted by molar-refractivity contribution is -0.274. The van der Waals surface area contributed by atoms with Crippen molar-refractivity contribution in [1.82, 2.24) is 14.9 Å². The van der Waals surface area contributed by atoms with Crippen LogP contribution in [0.3, 0.4) is 0 Å². The number of benzene rings is 2. The summed E-state index contributed by atoms with van der Waals surface area (Å²) < 4.78 is 46.2. The van der Waals surface area contributed by atoms with Crippen LogP contribution in [0.2, 0.25) is 0 Å². The van der Waals surface area contributed by atoms with Gasteiger partial charge in [0.25, 0.3) is 5.91 Å². The van der Waals surface area contributed by atoms with Crippen molar-refractivity contribution >= 4 is 16.8 Å². The maximum atomic E-state index is 12.8. The van der Waals surface area contributed by atoms with Crippen LogP contribution in [-0.4, -0.2) is 58.5 Å². The number of rotatable bonds is 6. The molecule has 1 amide bonds. The standard InChI is InChI=1S/C23H22F3N3O4/c24-23(25,26)33-17-3-1-16(2-4-17)22(31)29-9-7-15(8-10-29)21-19-6-5-18(32-12-11-30)13-20(19)27-14-28-21/h1-6,13-15,30H,7-12H2. The molecule has 3 aromatic rings. The number of ether oxygens (including phenoxy) is 2. The molecule has 2 aromatic carbocycles. The Morgan fingerprint density at radius 2 is 1.76 bits per heavy atom. The maximum absolute atomic E-state index is 12.8. The predicted octanol–water partition coefficient (Wildman–Crippen LogP) is 3.92. The number of aliphatic hydroxyl groups excluding tert-OH is 1. The summed E-state index contributed by atoms with van der Waals surface area (Å²) in [6.45, 7) is 1.14. The molecular formula is C23H22F3N3O4. The summed E-state index contributed by atoms with van der Waals surface area (Å²) in [4.78, 5) is 23.3. The molecule has 2 heterocycles. The van der Waals surface area contributed by atoms with Crippen LogP contribution in [0.4, 0.5) is 13.2 Å². The van der Waals surface area contributed by atoms with E-state index in [2.05, 4.69) is 14.7 Å². The number of aliphatic hydroxyl groups is 1. The van der Waals surface area contributed by atoms with E-state index >= 15 is 0 Å². The number of nitrogens with zero attached hydrogens (tertiary/aromatic N) is 3. The minimum atomic E-state index is -4.77. The van der Waals surface area contributed by atoms with Gasteiger partial charge in [-0.05, 0) is 49.2 Å². The van der Waals surface area contributed by atoms with E-state index in [1.165, 1.54) is 18.5 Å². The number of hydrogen-bond acceptors (Lipinski definition) is 6. The molecule has 0 unspecified atom stereocenters. The van der Waals surface area contributed by atoms with Gasteiger partial charge in [-0.1, -0.05) is 0 Å². The van der Waals surface area contributed by atoms with E-state index in [1.54, 1.807) is 11.0 Å². The molecule has 0 bridgehead atoms. The number of fused-ring (bicyclic) bond motifs is 1. The largest absolute Gasteiger partial charge is 0.573 e. The molecular weight excluding hydrogens is 439 g/mol. The van der Waals surface area contributed by atoms with Crippen molar-refractivity contribution in [3.05, 3.63) is 60.0 Å². The quantitative estimate of drug-likeness (QED) is 0.599. The van der Waals surface area contributed by atoms with Crippen molar-refractivity contribution in [2.45, 2.75) is 25.1 Å². The molecule has 1 aliphatic rings. The number of carbonyl (C=O) groups excluding carboxylic acids is 1. The van der Waals surface area contributed by atoms with Crippen LogP contribution < -0.4 is 9.47 Å². The molecule has 0 aliphatic carbocycles. The first-order chi connectivity index (χ1) is 15.8. The molecule has 1 aliphatic heterocycles. The van der Waals surface area contributed by atoms with Gasteiger partial charge in [0.1, 0.15) is 24.4 Å². The van der Waals surface area contributed by atoms with Gasteiger partial charge < -0.3 is 19.5 Å². The van der Waals surface area contributed by atoms with E-state index in [4.69, 9.17) is 9.84 Å². The molecule has 1 N–H and O–H groups in total. The monoisotopic (exact) mass is 461 g/mol. The number of amides is 1. The Hall–Kier alpha value is -3.40. The normalized spacial score (nSPS) is 15.0. The van der Waals surface area contributed by atoms with Crippen molar-refractivity contribution in [1.29, 1.82) is 0 Å². The molecule has 0 atom stereocenters. The predicted molar refractivity (Wildman–Crippen MR) is 113 cm³/mol. The van der Waals surface area contributed by atoms with Crippen LogP contribution in [0.15, 0.2) is 48.8 Å². The number of hydrogen-bond donors (Lipinski definition) is 1. The SMILES string of the molecule is O=C(c1ccc(OC(F)(F)F)cc1)N1CCC(c2ncnc3cc(OCCO)ccc23)CC1. The van der Waals surface area contributed by atoms with E-state index in [-0.39, 0.29) is 30.8 Å². The summed E-state index contributed by atoms with van der Waals surface area (Å²) >= 11 is 0. The fourth-order valence-corrected chi connectivity index (χ4v) is 3.97. The fourth-order valence-electron chi connectivity index (χ4n) is 3.97. The number of aromatic nitrogens is 2. The van der Waals surface area contributed by atoms with Crippen LogP contribution in [0.1, 0.15) is 34.8 Å². The Balaban J connectivity index is 1.41. The molecule has 4 rings (SSSR count). The van der Waals surface area contributed by atoms with Gasteiger partial charge in [-0.15, -0.1) is 13.2 Å². The summed E-state index contributed by atoms with van der Waals surface area (Å²) in [5.41, 5.74) is 1.97. The third-order valence-corrected chi connectivity index (χ3v) is 5.50. The van der Waals surface area contributed by atoms with Crippen molar-refractivity contribution in [2.24, 2.45) is 0 Å². The molecule has 10 heteroatoms. The third-order valence-electron chi connectivity index (χ3n) is 5.50. The van der Waals surface area contributed by atoms with Gasteiger partial charge in [0.2, 0.25) is 0 Å². The first-order valence-electron chi connectivity index (χ1n) is 10.5. The van der Waals surface area contributed by atoms with Crippen LogP contribution in [0.25, 0.3) is 10.9 Å². The second-order valence-corrected chi connectivity index (χ2v) is 7.65. The minimum absolute atomic E-state index is 0.0736. The lowest BCUT2D eigenvalue weighted by Gasteiger charge is -2.32. The summed E-state index contributed by atoms with van der Waals surface area (Å²) in [5.74, 6) is 0.170. The average Bonchev–Trinajstić information content (AvgIpc) is 2.81. The lowest BCUT2D eigenvalue weighted by atomic mass is 9.90. The Morgan fingerprint density at radius 3 is 2.42 bits per heavy atom. The minimum Gasteiger partial charge on any atom is -0.491 e. The number of piperidine rings is 1. The molecule has 33 heavy (non-hydrogen) atoms. The van der Waals surface area contributed by atoms with Gasteiger partial charge in [0.05, 0.1) is 17.8 Å². The fraction of sp³-hybridized carbons (Fsp3) is 0.348. The first-order valence-corrected chi connectivity index (χ1v) is 10.5. The molecule has 0 radical (unpaired) electrons. The van der Waals surface area contributed by atoms with Gasteiger partial charge in [0.15, 0.2) is 0 Å². The topological polar surface area (TPSA) is 84.8 Å². The lowest BCUT2D eigenvalue weighted by Crippen LogP contribution is -2.38. The van der Waals surface area contributed by atoms with E-state index in [0.717, 1.165) is 28.7 Å². The molecule has 174 valence electrons. The van der Waals surface area contributed by atoms with Crippen molar-refractivity contribution < 1.29 is 32.5 Å². The zero-order valence-corrected chi connectivity index (χ0v) is 17.6. The Kier molecular flexibility index (Phi) is 6.64. The van der Waals surface area contributed by atoms with Gasteiger partial charge >= 0.3 is 6.36 Å². The average molecular weight is 461 g/mol. The molecule has 7 nitrogen and oxygen atoms in total. The highest BCUT2D eigenvalue weighted by Crippen LogP contribution is 2.33. The summed E-state index contributed by atoms with van der Waals surface area (Å²) in [5, 5.41) is 9.83. The van der Waals surface area contributed by atoms with Crippen molar-refractivity contribution in [2.75, 3.05) is 26.3 Å². The number of carbonyl (C=O) groups is 1. The summed E-state index contributed by atoms with van der Waals surface area (Å²) in [6.07, 6.45) is -1.85. The van der Waals surface area contributed by atoms with Crippen LogP contribution in [-0.2, 0) is 0 Å². The summed E-state index contributed by atoms with van der Waals surface area (Å²) in [6, 6.07) is 10.5. The van der Waals surface area contributed by atoms with Crippen LogP contribution in [0, 0.1) is 0 Å². The highest BCUT2D eigenvalue weighted by molar-refractivity contribution is 5.94. The first kappa shape index (κ1) is 22.8. The molecule has 1 aromatic heterocycles. The van der Waals surface area contributed by atoms with E-state index in [9.17, 15) is 18.0 Å². The number of alkyl halides is 3. The van der Waals surface area contributed by atoms with Gasteiger partial charge in [-0.2, -0.15) is 0 Å². The number of likely N-dealkylation sites (tertiary alicyclic amines) is 1. The van der Waals surface area contributed by atoms with Crippen molar-refractivity contribution in [3.8, 4) is 11.5 Å². The molecule has 0 saturated carbocycles. The third kappa shape index (κ3) is 5.51. The molecule has 0 spiro atoms. The summed E-state index contributed by atoms with van der Waals surface area (Å²) in [7, 11) is 0. The maximum Gasteiger partial charge on any atom is 0.573 e. The Morgan fingerprint density at radius 1 is 1.06 bits per heavy atom. The second kappa shape index (κ2) is 9.62. The number of halogens is 3. The molecule has 1 fully saturated rings. The van der Waals surface area contributed by atoms with Crippen LogP contribution in [0.5, 0.6) is 11.5 Å². The molecule has 1 saturated heterocycles. The second-order valence-electron chi connectivity index (χ2n) is 7.65. The van der Waals surface area contributed by atoms with Crippen LogP contribution >= 0.6 is 0 Å². The van der Waals surface area contributed by atoms with Crippen molar-refractivity contribution in [3.63, 3.8) is 0 Å². The van der Waals surface area contributed by atoms with Gasteiger partial charge in [-0.25, -0.2) is 9.97 Å². The zero-order chi connectivity index (χ0) is 23.4. The highest BCUT2D eigenvalue weighted by Gasteiger charge is 2.31. The van der Waals surface area contributed by atoms with Gasteiger partial charge in [-0.3, -0.25) is 4.79 Å². The smallest absolute Gasteiger partial charge is 0.491 e. The highest BCUT2D eigenvalue weighted by atomic mass is 19.4. The Labute approximate surface area is 187 Å². The zero-order valence-electron chi connectivity index (χ0n) is 17.6. The van der Waals surface area contributed by atoms with E-state index in [1.807, 2.05) is 12.1 Å². The van der Waals surface area contributed by atoms with Gasteiger partial charge in [0, 0.05) is 36.0 Å². The van der Waals surface area contributed by atoms with E-state index in [0.29, 0.717) is 37.2 Å².